The minimum Gasteiger partial charge on any atom is -0.308 e. The Morgan fingerprint density at radius 3 is 1.90 bits per heavy atom. The summed E-state index contributed by atoms with van der Waals surface area (Å²) in [5.74, 6) is 9.63. The molecule has 160 valence electrons. The molecule has 2 saturated carbocycles. The number of unbranched alkanes of at least 4 members (excludes halogenated alkanes) is 6. The first-order chi connectivity index (χ1) is 13.8. The summed E-state index contributed by atoms with van der Waals surface area (Å²) < 4.78 is 1.69. The van der Waals surface area contributed by atoms with Crippen molar-refractivity contribution in [1.29, 1.82) is 0 Å². The fourth-order valence-electron chi connectivity index (χ4n) is 5.98. The quantitative estimate of drug-likeness (QED) is 0.136. The van der Waals surface area contributed by atoms with Crippen LogP contribution in [0.2, 0.25) is 11.6 Å². The second-order valence-electron chi connectivity index (χ2n) is 9.66. The van der Waals surface area contributed by atoms with Crippen LogP contribution in [0, 0.1) is 11.7 Å². The molecule has 2 aliphatic rings. The van der Waals surface area contributed by atoms with Crippen LogP contribution in [0.1, 0.15) is 129 Å². The Kier molecular flexibility index (Phi) is 15.6. The number of hydrogen-bond donors (Lipinski definition) is 0. The zero-order valence-corrected chi connectivity index (χ0v) is 22.1. The van der Waals surface area contributed by atoms with Crippen molar-refractivity contribution in [3.05, 3.63) is 9.56 Å². The molecule has 0 spiro atoms. The van der Waals surface area contributed by atoms with Crippen molar-refractivity contribution in [1.82, 2.24) is 0 Å². The maximum absolute atomic E-state index is 4.11. The Labute approximate surface area is 208 Å². The van der Waals surface area contributed by atoms with E-state index in [4.69, 9.17) is 0 Å². The maximum Gasteiger partial charge on any atom is 1.00 e. The van der Waals surface area contributed by atoms with E-state index in [9.17, 15) is 0 Å². The summed E-state index contributed by atoms with van der Waals surface area (Å²) in [5.41, 5.74) is 0. The van der Waals surface area contributed by atoms with E-state index in [2.05, 4.69) is 54.3 Å². The van der Waals surface area contributed by atoms with E-state index in [1.807, 2.05) is 0 Å². The topological polar surface area (TPSA) is 0 Å². The first-order valence-electron chi connectivity index (χ1n) is 12.8. The number of rotatable bonds is 10. The van der Waals surface area contributed by atoms with Crippen LogP contribution in [0.3, 0.4) is 0 Å². The summed E-state index contributed by atoms with van der Waals surface area (Å²) >= 11 is 2.76. The molecule has 2 aliphatic carbocycles. The van der Waals surface area contributed by atoms with Crippen LogP contribution in [-0.4, -0.2) is 6.15 Å². The molecule has 0 amide bonds. The third-order valence-electron chi connectivity index (χ3n) is 7.64. The van der Waals surface area contributed by atoms with E-state index in [1.165, 1.54) is 109 Å². The maximum atomic E-state index is 4.11. The van der Waals surface area contributed by atoms with Gasteiger partial charge in [-0.2, -0.15) is 3.48 Å². The van der Waals surface area contributed by atoms with E-state index >= 15 is 0 Å². The molecule has 0 bridgehead atoms. The monoisotopic (exact) mass is 502 g/mol. The van der Waals surface area contributed by atoms with Crippen molar-refractivity contribution in [2.75, 3.05) is 0 Å². The molecule has 3 heteroatoms. The van der Waals surface area contributed by atoms with Crippen LogP contribution >= 0.6 is 22.6 Å². The van der Waals surface area contributed by atoms with Gasteiger partial charge in [0.2, 0.25) is 0 Å². The summed E-state index contributed by atoms with van der Waals surface area (Å²) in [5, 5.41) is 0. The summed E-state index contributed by atoms with van der Waals surface area (Å²) in [6.45, 7) is 4.62. The summed E-state index contributed by atoms with van der Waals surface area (Å²) in [6, 6.07) is 0. The zero-order valence-electron chi connectivity index (χ0n) is 19.9. The van der Waals surface area contributed by atoms with Gasteiger partial charge in [-0.15, -0.1) is 23.6 Å². The van der Waals surface area contributed by atoms with Crippen LogP contribution < -0.4 is 18.9 Å². The van der Waals surface area contributed by atoms with Crippen molar-refractivity contribution >= 4 is 28.7 Å². The third-order valence-corrected chi connectivity index (χ3v) is 9.11. The molecule has 0 atom stereocenters. The van der Waals surface area contributed by atoms with Crippen molar-refractivity contribution in [3.63, 3.8) is 0 Å². The number of halogens is 1. The van der Waals surface area contributed by atoms with E-state index < -0.39 is 6.15 Å². The molecule has 0 heterocycles. The summed E-state index contributed by atoms with van der Waals surface area (Å²) in [6.07, 6.45) is 26.8. The van der Waals surface area contributed by atoms with E-state index in [0.717, 1.165) is 18.1 Å². The smallest absolute Gasteiger partial charge is 0.308 e. The minimum atomic E-state index is -0.679. The molecule has 0 aliphatic heterocycles. The molecule has 0 saturated heterocycles. The van der Waals surface area contributed by atoms with Gasteiger partial charge in [-0.05, 0) is 12.8 Å². The average molecular weight is 502 g/mol. The van der Waals surface area contributed by atoms with E-state index in [-0.39, 0.29) is 18.9 Å². The predicted octanol–water partition coefficient (Wildman–Crippen LogP) is 6.67. The molecule has 29 heavy (non-hydrogen) atoms. The fourth-order valence-corrected chi connectivity index (χ4v) is 7.46. The van der Waals surface area contributed by atoms with Crippen LogP contribution in [0.4, 0.5) is 0 Å². The van der Waals surface area contributed by atoms with Gasteiger partial charge in [0.1, 0.15) is 6.15 Å². The summed E-state index contributed by atoms with van der Waals surface area (Å²) in [7, 11) is 0. The van der Waals surface area contributed by atoms with Crippen molar-refractivity contribution in [3.8, 4) is 11.7 Å². The summed E-state index contributed by atoms with van der Waals surface area (Å²) in [4.78, 5) is 0. The van der Waals surface area contributed by atoms with Gasteiger partial charge in [0.05, 0.1) is 0 Å². The van der Waals surface area contributed by atoms with Crippen LogP contribution in [0.5, 0.6) is 0 Å². The van der Waals surface area contributed by atoms with Crippen LogP contribution in [0.25, 0.3) is 0 Å². The van der Waals surface area contributed by atoms with Gasteiger partial charge in [-0.1, -0.05) is 133 Å². The SMILES string of the molecule is CCCC/C=C(\I)[B-](C#CCCCCCC)(C1CCCCC1)C1CCCCC1.[Li+]. The number of allylic oxidation sites excluding steroid dienone is 1. The largest absolute Gasteiger partial charge is 1.00 e. The van der Waals surface area contributed by atoms with Gasteiger partial charge < -0.3 is 5.82 Å². The molecule has 0 aromatic heterocycles. The average Bonchev–Trinajstić information content (AvgIpc) is 2.75. The van der Waals surface area contributed by atoms with Gasteiger partial charge in [0.15, 0.2) is 0 Å². The molecule has 0 nitrogen and oxygen atoms in total. The first-order valence-corrected chi connectivity index (χ1v) is 13.9. The van der Waals surface area contributed by atoms with Crippen molar-refractivity contribution in [2.24, 2.45) is 0 Å². The van der Waals surface area contributed by atoms with Gasteiger partial charge >= 0.3 is 18.9 Å². The predicted molar refractivity (Wildman–Crippen MR) is 138 cm³/mol. The van der Waals surface area contributed by atoms with E-state index in [1.54, 1.807) is 3.48 Å². The van der Waals surface area contributed by atoms with Gasteiger partial charge in [0, 0.05) is 6.42 Å². The molecule has 0 radical (unpaired) electrons. The second-order valence-corrected chi connectivity index (χ2v) is 10.9. The molecular formula is C26H45BILi. The fraction of sp³-hybridized carbons (Fsp3) is 0.846. The first kappa shape index (κ1) is 27.7. The Balaban J connectivity index is 0.00000420. The standard InChI is InChI=1S/C26H45BI.Li/c1-3-5-7-8-9-17-23-27(24-18-13-10-14-19-24,25-20-15-11-16-21-25)26(28)22-12-6-4-2;/h22,24-25H,3-16,18-21H2,1-2H3;/q-1;+1/b26-22-;. The molecule has 2 rings (SSSR count). The molecule has 0 aromatic carbocycles. The zero-order chi connectivity index (χ0) is 20.1. The third kappa shape index (κ3) is 8.62. The Bertz CT molecular complexity index is 489. The Hall–Kier alpha value is 0.692. The minimum absolute atomic E-state index is 0. The van der Waals surface area contributed by atoms with Gasteiger partial charge in [-0.25, -0.2) is 0 Å². The van der Waals surface area contributed by atoms with Crippen molar-refractivity contribution in [2.45, 2.75) is 141 Å². The van der Waals surface area contributed by atoms with Gasteiger partial charge in [0.25, 0.3) is 0 Å². The van der Waals surface area contributed by atoms with Gasteiger partial charge in [-0.3, -0.25) is 0 Å². The Morgan fingerprint density at radius 2 is 1.38 bits per heavy atom. The molecular weight excluding hydrogens is 457 g/mol. The normalized spacial score (nSPS) is 19.3. The molecule has 0 unspecified atom stereocenters. The molecule has 0 N–H and O–H groups in total. The van der Waals surface area contributed by atoms with Crippen LogP contribution in [-0.2, 0) is 0 Å². The van der Waals surface area contributed by atoms with Crippen molar-refractivity contribution < 1.29 is 18.9 Å². The van der Waals surface area contributed by atoms with Crippen LogP contribution in [0.15, 0.2) is 9.56 Å². The molecule has 0 aromatic rings. The Morgan fingerprint density at radius 1 is 0.828 bits per heavy atom. The second kappa shape index (κ2) is 16.3. The molecule has 2 fully saturated rings. The number of hydrogen-bond acceptors (Lipinski definition) is 0. The van der Waals surface area contributed by atoms with E-state index in [0.29, 0.717) is 0 Å².